The van der Waals surface area contributed by atoms with E-state index in [1.807, 2.05) is 32.9 Å². The van der Waals surface area contributed by atoms with Gasteiger partial charge in [0.25, 0.3) is 0 Å². The second kappa shape index (κ2) is 6.36. The number of aryl methyl sites for hydroxylation is 3. The number of hydrogen-bond donors (Lipinski definition) is 0. The Bertz CT molecular complexity index is 494. The van der Waals surface area contributed by atoms with Crippen LogP contribution >= 0.6 is 0 Å². The highest BCUT2D eigenvalue weighted by molar-refractivity contribution is 6.03. The van der Waals surface area contributed by atoms with Crippen molar-refractivity contribution in [2.75, 3.05) is 18.6 Å². The van der Waals surface area contributed by atoms with E-state index in [0.29, 0.717) is 6.61 Å². The minimum atomic E-state index is -0.485. The fourth-order valence-electron chi connectivity index (χ4n) is 1.90. The van der Waals surface area contributed by atoms with Crippen molar-refractivity contribution < 1.29 is 14.3 Å². The van der Waals surface area contributed by atoms with E-state index in [1.54, 1.807) is 14.0 Å². The molecular formula is C15H21NO3. The summed E-state index contributed by atoms with van der Waals surface area (Å²) in [5.41, 5.74) is 4.16. The molecule has 1 aromatic carbocycles. The van der Waals surface area contributed by atoms with Crippen LogP contribution in [0.5, 0.6) is 0 Å². The lowest BCUT2D eigenvalue weighted by molar-refractivity contribution is -0.145. The van der Waals surface area contributed by atoms with Gasteiger partial charge >= 0.3 is 5.97 Å². The van der Waals surface area contributed by atoms with Gasteiger partial charge in [0, 0.05) is 12.7 Å². The third kappa shape index (κ3) is 3.81. The Hall–Kier alpha value is -1.84. The molecule has 0 saturated heterocycles. The lowest BCUT2D eigenvalue weighted by atomic mass is 10.0. The molecule has 4 nitrogen and oxygen atoms in total. The number of rotatable bonds is 4. The number of anilines is 1. The average Bonchev–Trinajstić information content (AvgIpc) is 2.33. The first kappa shape index (κ1) is 15.2. The molecule has 0 N–H and O–H groups in total. The summed E-state index contributed by atoms with van der Waals surface area (Å²) in [6.45, 7) is 8.00. The summed E-state index contributed by atoms with van der Waals surface area (Å²) in [6.07, 6.45) is -0.225. The molecule has 104 valence electrons. The van der Waals surface area contributed by atoms with Crippen molar-refractivity contribution in [3.63, 3.8) is 0 Å². The van der Waals surface area contributed by atoms with Gasteiger partial charge in [-0.3, -0.25) is 9.59 Å². The summed E-state index contributed by atoms with van der Waals surface area (Å²) in [6, 6.07) is 4.01. The fourth-order valence-corrected chi connectivity index (χ4v) is 1.90. The van der Waals surface area contributed by atoms with Gasteiger partial charge < -0.3 is 9.64 Å². The monoisotopic (exact) mass is 263 g/mol. The van der Waals surface area contributed by atoms with Gasteiger partial charge in [-0.15, -0.1) is 0 Å². The molecule has 0 heterocycles. The Balaban J connectivity index is 2.88. The molecule has 0 fully saturated rings. The average molecular weight is 263 g/mol. The van der Waals surface area contributed by atoms with E-state index in [1.165, 1.54) is 10.5 Å². The maximum atomic E-state index is 12.0. The number of hydrogen-bond acceptors (Lipinski definition) is 3. The van der Waals surface area contributed by atoms with Crippen LogP contribution < -0.4 is 4.90 Å². The summed E-state index contributed by atoms with van der Waals surface area (Å²) in [5, 5.41) is 0. The highest BCUT2D eigenvalue weighted by atomic mass is 16.5. The molecule has 0 radical (unpaired) electrons. The maximum absolute atomic E-state index is 12.0. The van der Waals surface area contributed by atoms with E-state index in [4.69, 9.17) is 4.74 Å². The van der Waals surface area contributed by atoms with E-state index in [2.05, 4.69) is 0 Å². The topological polar surface area (TPSA) is 46.6 Å². The number of nitrogens with zero attached hydrogens (tertiary/aromatic N) is 1. The molecule has 19 heavy (non-hydrogen) atoms. The Kier molecular flexibility index (Phi) is 5.10. The van der Waals surface area contributed by atoms with Gasteiger partial charge in [-0.25, -0.2) is 0 Å². The number of esters is 1. The van der Waals surface area contributed by atoms with Crippen LogP contribution in [-0.2, 0) is 14.3 Å². The number of ether oxygens (including phenoxy) is 1. The zero-order chi connectivity index (χ0) is 14.6. The van der Waals surface area contributed by atoms with Crippen LogP contribution in [-0.4, -0.2) is 25.5 Å². The first-order chi connectivity index (χ1) is 8.86. The molecule has 0 saturated carbocycles. The summed E-state index contributed by atoms with van der Waals surface area (Å²) in [5.74, 6) is -0.745. The Labute approximate surface area is 114 Å². The van der Waals surface area contributed by atoms with Crippen molar-refractivity contribution in [1.82, 2.24) is 0 Å². The van der Waals surface area contributed by atoms with Gasteiger partial charge in [0.05, 0.1) is 6.61 Å². The molecule has 0 aliphatic carbocycles. The Morgan fingerprint density at radius 1 is 1.11 bits per heavy atom. The quantitative estimate of drug-likeness (QED) is 0.619. The number of benzene rings is 1. The summed E-state index contributed by atoms with van der Waals surface area (Å²) in [4.78, 5) is 24.8. The molecule has 0 bridgehead atoms. The molecule has 1 rings (SSSR count). The lowest BCUT2D eigenvalue weighted by Gasteiger charge is -2.20. The lowest BCUT2D eigenvalue weighted by Crippen LogP contribution is -2.29. The van der Waals surface area contributed by atoms with Crippen LogP contribution in [0.15, 0.2) is 12.1 Å². The van der Waals surface area contributed by atoms with Crippen LogP contribution in [0.1, 0.15) is 30.0 Å². The molecule has 4 heteroatoms. The minimum Gasteiger partial charge on any atom is -0.466 e. The van der Waals surface area contributed by atoms with Crippen LogP contribution in [0, 0.1) is 20.8 Å². The number of carbonyl (C=O) groups is 2. The summed E-state index contributed by atoms with van der Waals surface area (Å²) in [7, 11) is 1.68. The predicted octanol–water partition coefficient (Wildman–Crippen LogP) is 2.53. The highest BCUT2D eigenvalue weighted by Crippen LogP contribution is 2.23. The van der Waals surface area contributed by atoms with Crippen LogP contribution in [0.25, 0.3) is 0 Å². The SMILES string of the molecule is CCOC(=O)CC(=O)N(C)c1cc(C)c(C)cc1C. The van der Waals surface area contributed by atoms with E-state index >= 15 is 0 Å². The van der Waals surface area contributed by atoms with Crippen molar-refractivity contribution in [1.29, 1.82) is 0 Å². The zero-order valence-electron chi connectivity index (χ0n) is 12.2. The van der Waals surface area contributed by atoms with Gasteiger partial charge in [-0.1, -0.05) is 6.07 Å². The van der Waals surface area contributed by atoms with Crippen molar-refractivity contribution in [3.05, 3.63) is 28.8 Å². The van der Waals surface area contributed by atoms with Crippen molar-refractivity contribution >= 4 is 17.6 Å². The van der Waals surface area contributed by atoms with E-state index in [9.17, 15) is 9.59 Å². The number of amides is 1. The first-order valence-electron chi connectivity index (χ1n) is 6.36. The number of carbonyl (C=O) groups excluding carboxylic acids is 2. The molecule has 0 atom stereocenters. The van der Waals surface area contributed by atoms with Gasteiger partial charge in [0.2, 0.25) is 5.91 Å². The second-order valence-corrected chi connectivity index (χ2v) is 4.66. The molecule has 0 aliphatic heterocycles. The fraction of sp³-hybridized carbons (Fsp3) is 0.467. The zero-order valence-corrected chi connectivity index (χ0v) is 12.2. The molecule has 0 aromatic heterocycles. The molecule has 0 unspecified atom stereocenters. The standard InChI is InChI=1S/C15H21NO3/c1-6-19-15(18)9-14(17)16(5)13-8-11(3)10(2)7-12(13)4/h7-8H,6,9H2,1-5H3. The van der Waals surface area contributed by atoms with Gasteiger partial charge in [-0.2, -0.15) is 0 Å². The van der Waals surface area contributed by atoms with Crippen molar-refractivity contribution in [3.8, 4) is 0 Å². The Morgan fingerprint density at radius 3 is 2.26 bits per heavy atom. The smallest absolute Gasteiger partial charge is 0.315 e. The summed E-state index contributed by atoms with van der Waals surface area (Å²) < 4.78 is 4.79. The molecule has 1 aromatic rings. The highest BCUT2D eigenvalue weighted by Gasteiger charge is 2.18. The van der Waals surface area contributed by atoms with E-state index < -0.39 is 5.97 Å². The normalized spacial score (nSPS) is 10.2. The van der Waals surface area contributed by atoms with Crippen LogP contribution in [0.4, 0.5) is 5.69 Å². The molecule has 1 amide bonds. The third-order valence-corrected chi connectivity index (χ3v) is 3.15. The third-order valence-electron chi connectivity index (χ3n) is 3.15. The van der Waals surface area contributed by atoms with Crippen molar-refractivity contribution in [2.24, 2.45) is 0 Å². The predicted molar refractivity (Wildman–Crippen MR) is 75.3 cm³/mol. The largest absolute Gasteiger partial charge is 0.466 e. The van der Waals surface area contributed by atoms with Crippen molar-refractivity contribution in [2.45, 2.75) is 34.1 Å². The molecule has 0 aliphatic rings. The summed E-state index contributed by atoms with van der Waals surface area (Å²) >= 11 is 0. The second-order valence-electron chi connectivity index (χ2n) is 4.66. The molecule has 0 spiro atoms. The maximum Gasteiger partial charge on any atom is 0.315 e. The van der Waals surface area contributed by atoms with Gasteiger partial charge in [0.1, 0.15) is 6.42 Å². The van der Waals surface area contributed by atoms with E-state index in [-0.39, 0.29) is 12.3 Å². The Morgan fingerprint density at radius 2 is 1.68 bits per heavy atom. The minimum absolute atomic E-state index is 0.225. The van der Waals surface area contributed by atoms with Crippen LogP contribution in [0.3, 0.4) is 0 Å². The van der Waals surface area contributed by atoms with Gasteiger partial charge in [-0.05, 0) is 50.5 Å². The van der Waals surface area contributed by atoms with Crippen LogP contribution in [0.2, 0.25) is 0 Å². The van der Waals surface area contributed by atoms with E-state index in [0.717, 1.165) is 16.8 Å². The van der Waals surface area contributed by atoms with Gasteiger partial charge in [0.15, 0.2) is 0 Å². The first-order valence-corrected chi connectivity index (χ1v) is 6.36. The molecular weight excluding hydrogens is 242 g/mol.